The highest BCUT2D eigenvalue weighted by molar-refractivity contribution is 5.20. The van der Waals surface area contributed by atoms with Gasteiger partial charge in [-0.05, 0) is 31.3 Å². The van der Waals surface area contributed by atoms with Gasteiger partial charge in [0, 0.05) is 19.3 Å². The molecule has 2 aliphatic rings. The molecule has 0 atom stereocenters. The van der Waals surface area contributed by atoms with Crippen LogP contribution in [0.4, 0.5) is 0 Å². The van der Waals surface area contributed by atoms with Gasteiger partial charge in [-0.3, -0.25) is 0 Å². The number of nitrogens with one attached hydrogen (secondary N) is 1. The molecule has 2 heteroatoms. The first-order valence-electron chi connectivity index (χ1n) is 4.05. The lowest BCUT2D eigenvalue weighted by Gasteiger charge is -2.12. The van der Waals surface area contributed by atoms with E-state index in [1.54, 1.807) is 5.57 Å². The van der Waals surface area contributed by atoms with Gasteiger partial charge in [-0.25, -0.2) is 5.01 Å². The van der Waals surface area contributed by atoms with Gasteiger partial charge in [-0.2, -0.15) is 0 Å². The summed E-state index contributed by atoms with van der Waals surface area (Å²) in [6, 6.07) is 0. The molecule has 0 bridgehead atoms. The SMILES string of the molecule is CN1CC2=C(CCCC2)N1. The van der Waals surface area contributed by atoms with E-state index >= 15 is 0 Å². The van der Waals surface area contributed by atoms with Crippen molar-refractivity contribution in [3.63, 3.8) is 0 Å². The molecular formula is C8H14N2. The van der Waals surface area contributed by atoms with Crippen molar-refractivity contribution in [2.75, 3.05) is 13.6 Å². The summed E-state index contributed by atoms with van der Waals surface area (Å²) < 4.78 is 0. The third-order valence-corrected chi connectivity index (χ3v) is 2.34. The average Bonchev–Trinajstić information content (AvgIpc) is 2.27. The second-order valence-corrected chi connectivity index (χ2v) is 3.26. The summed E-state index contributed by atoms with van der Waals surface area (Å²) in [5.41, 5.74) is 6.52. The van der Waals surface area contributed by atoms with E-state index in [1.165, 1.54) is 31.4 Å². The van der Waals surface area contributed by atoms with Crippen LogP contribution in [0.25, 0.3) is 0 Å². The van der Waals surface area contributed by atoms with Crippen molar-refractivity contribution >= 4 is 0 Å². The van der Waals surface area contributed by atoms with Crippen molar-refractivity contribution < 1.29 is 0 Å². The predicted molar refractivity (Wildman–Crippen MR) is 41.3 cm³/mol. The highest BCUT2D eigenvalue weighted by atomic mass is 15.5. The number of rotatable bonds is 0. The smallest absolute Gasteiger partial charge is 0.0406 e. The zero-order chi connectivity index (χ0) is 6.97. The van der Waals surface area contributed by atoms with E-state index in [0.29, 0.717) is 0 Å². The summed E-state index contributed by atoms with van der Waals surface area (Å²) >= 11 is 0. The molecule has 0 saturated heterocycles. The lowest BCUT2D eigenvalue weighted by Crippen LogP contribution is -2.27. The summed E-state index contributed by atoms with van der Waals surface area (Å²) in [6.45, 7) is 1.15. The Morgan fingerprint density at radius 2 is 2.10 bits per heavy atom. The minimum absolute atomic E-state index is 1.15. The monoisotopic (exact) mass is 138 g/mol. The van der Waals surface area contributed by atoms with E-state index in [9.17, 15) is 0 Å². The third-order valence-electron chi connectivity index (χ3n) is 2.34. The Kier molecular flexibility index (Phi) is 1.42. The van der Waals surface area contributed by atoms with Gasteiger partial charge in [0.15, 0.2) is 0 Å². The maximum absolute atomic E-state index is 3.37. The molecule has 1 heterocycles. The minimum atomic E-state index is 1.15. The molecule has 1 aliphatic carbocycles. The van der Waals surface area contributed by atoms with Crippen molar-refractivity contribution in [2.45, 2.75) is 25.7 Å². The van der Waals surface area contributed by atoms with Crippen LogP contribution in [0.2, 0.25) is 0 Å². The minimum Gasteiger partial charge on any atom is -0.323 e. The van der Waals surface area contributed by atoms with Gasteiger partial charge >= 0.3 is 0 Å². The molecule has 0 fully saturated rings. The van der Waals surface area contributed by atoms with Crippen LogP contribution in [-0.4, -0.2) is 18.6 Å². The molecule has 1 aliphatic heterocycles. The third kappa shape index (κ3) is 0.926. The molecular weight excluding hydrogens is 124 g/mol. The maximum atomic E-state index is 3.37. The van der Waals surface area contributed by atoms with Gasteiger partial charge in [0.1, 0.15) is 0 Å². The molecule has 0 spiro atoms. The fraction of sp³-hybridized carbons (Fsp3) is 0.750. The van der Waals surface area contributed by atoms with E-state index < -0.39 is 0 Å². The Hall–Kier alpha value is -0.500. The molecule has 2 nitrogen and oxygen atoms in total. The first-order chi connectivity index (χ1) is 4.86. The lowest BCUT2D eigenvalue weighted by molar-refractivity contribution is 0.317. The molecule has 56 valence electrons. The summed E-state index contributed by atoms with van der Waals surface area (Å²) in [4.78, 5) is 0. The number of hydrogen-bond donors (Lipinski definition) is 1. The van der Waals surface area contributed by atoms with Gasteiger partial charge in [0.05, 0.1) is 0 Å². The van der Waals surface area contributed by atoms with Crippen LogP contribution in [0.15, 0.2) is 11.3 Å². The van der Waals surface area contributed by atoms with Crippen LogP contribution >= 0.6 is 0 Å². The predicted octanol–water partition coefficient (Wildman–Crippen LogP) is 1.26. The number of hydrazine groups is 1. The molecule has 2 rings (SSSR count). The zero-order valence-electron chi connectivity index (χ0n) is 6.48. The van der Waals surface area contributed by atoms with Gasteiger partial charge in [-0.15, -0.1) is 0 Å². The second-order valence-electron chi connectivity index (χ2n) is 3.26. The molecule has 0 radical (unpaired) electrons. The Morgan fingerprint density at radius 1 is 1.30 bits per heavy atom. The maximum Gasteiger partial charge on any atom is 0.0406 e. The van der Waals surface area contributed by atoms with Crippen LogP contribution in [-0.2, 0) is 0 Å². The molecule has 0 saturated carbocycles. The normalized spacial score (nSPS) is 26.5. The van der Waals surface area contributed by atoms with E-state index in [4.69, 9.17) is 0 Å². The van der Waals surface area contributed by atoms with Crippen LogP contribution in [0.3, 0.4) is 0 Å². The molecule has 0 aromatic heterocycles. The number of allylic oxidation sites excluding steroid dienone is 1. The van der Waals surface area contributed by atoms with E-state index in [1.807, 2.05) is 0 Å². The van der Waals surface area contributed by atoms with Crippen molar-refractivity contribution in [1.82, 2.24) is 10.4 Å². The van der Waals surface area contributed by atoms with Crippen molar-refractivity contribution in [3.05, 3.63) is 11.3 Å². The summed E-state index contributed by atoms with van der Waals surface area (Å²) in [7, 11) is 2.11. The summed E-state index contributed by atoms with van der Waals surface area (Å²) in [5, 5.41) is 2.18. The topological polar surface area (TPSA) is 15.3 Å². The lowest BCUT2D eigenvalue weighted by atomic mass is 9.98. The summed E-state index contributed by atoms with van der Waals surface area (Å²) in [6.07, 6.45) is 5.38. The fourth-order valence-corrected chi connectivity index (χ4v) is 1.83. The van der Waals surface area contributed by atoms with Crippen LogP contribution in [0, 0.1) is 0 Å². The van der Waals surface area contributed by atoms with Crippen LogP contribution in [0.5, 0.6) is 0 Å². The fourth-order valence-electron chi connectivity index (χ4n) is 1.83. The molecule has 1 N–H and O–H groups in total. The highest BCUT2D eigenvalue weighted by Crippen LogP contribution is 2.26. The van der Waals surface area contributed by atoms with E-state index in [2.05, 4.69) is 17.5 Å². The zero-order valence-corrected chi connectivity index (χ0v) is 6.48. The van der Waals surface area contributed by atoms with E-state index in [0.717, 1.165) is 6.54 Å². The Morgan fingerprint density at radius 3 is 2.90 bits per heavy atom. The van der Waals surface area contributed by atoms with Gasteiger partial charge in [-0.1, -0.05) is 0 Å². The van der Waals surface area contributed by atoms with E-state index in [-0.39, 0.29) is 0 Å². The number of likely N-dealkylation sites (N-methyl/N-ethyl adjacent to an activating group) is 1. The molecule has 10 heavy (non-hydrogen) atoms. The second kappa shape index (κ2) is 2.27. The highest BCUT2D eigenvalue weighted by Gasteiger charge is 2.20. The van der Waals surface area contributed by atoms with Crippen LogP contribution in [0.1, 0.15) is 25.7 Å². The Balaban J connectivity index is 2.13. The van der Waals surface area contributed by atoms with Crippen molar-refractivity contribution in [1.29, 1.82) is 0 Å². The molecule has 0 amide bonds. The average molecular weight is 138 g/mol. The van der Waals surface area contributed by atoms with Gasteiger partial charge < -0.3 is 5.43 Å². The number of nitrogens with zero attached hydrogens (tertiary/aromatic N) is 1. The first-order valence-corrected chi connectivity index (χ1v) is 4.05. The molecule has 0 unspecified atom stereocenters. The molecule has 0 aromatic rings. The van der Waals surface area contributed by atoms with Gasteiger partial charge in [0.25, 0.3) is 0 Å². The Labute approximate surface area is 61.9 Å². The Bertz CT molecular complexity index is 154. The first kappa shape index (κ1) is 6.23. The van der Waals surface area contributed by atoms with Gasteiger partial charge in [0.2, 0.25) is 0 Å². The summed E-state index contributed by atoms with van der Waals surface area (Å²) in [5.74, 6) is 0. The van der Waals surface area contributed by atoms with Crippen molar-refractivity contribution in [3.8, 4) is 0 Å². The quantitative estimate of drug-likeness (QED) is 0.542. The number of hydrogen-bond acceptors (Lipinski definition) is 2. The largest absolute Gasteiger partial charge is 0.323 e. The molecule has 0 aromatic carbocycles. The van der Waals surface area contributed by atoms with Crippen LogP contribution < -0.4 is 5.43 Å². The van der Waals surface area contributed by atoms with Crippen molar-refractivity contribution in [2.24, 2.45) is 0 Å². The standard InChI is InChI=1S/C8H14N2/c1-10-6-7-4-2-3-5-8(7)9-10/h9H,2-6H2,1H3.